The Morgan fingerprint density at radius 3 is 2.90 bits per heavy atom. The predicted molar refractivity (Wildman–Crippen MR) is 83.1 cm³/mol. The average Bonchev–Trinajstić information content (AvgIpc) is 2.37. The number of carbonyl (C=O) groups excluding carboxylic acids is 1. The van der Waals surface area contributed by atoms with Crippen LogP contribution in [0.3, 0.4) is 0 Å². The molecule has 1 aromatic heterocycles. The second kappa shape index (κ2) is 6.57. The molecule has 0 spiro atoms. The lowest BCUT2D eigenvalue weighted by atomic mass is 10.2. The maximum absolute atomic E-state index is 11.6. The van der Waals surface area contributed by atoms with Gasteiger partial charge in [-0.05, 0) is 38.1 Å². The van der Waals surface area contributed by atoms with Gasteiger partial charge in [0.05, 0.1) is 5.52 Å². The zero-order valence-corrected chi connectivity index (χ0v) is 12.4. The molecule has 1 aromatic carbocycles. The minimum atomic E-state index is 0.0499. The van der Waals surface area contributed by atoms with Gasteiger partial charge in [0.25, 0.3) is 0 Å². The largest absolute Gasteiger partial charge is 0.384 e. The molecule has 0 unspecified atom stereocenters. The lowest BCUT2D eigenvalue weighted by Crippen LogP contribution is -2.31. The monoisotopic (exact) mass is 291 g/mol. The summed E-state index contributed by atoms with van der Waals surface area (Å²) in [5, 5.41) is 7.80. The maximum atomic E-state index is 11.6. The second-order valence-corrected chi connectivity index (χ2v) is 5.36. The standard InChI is InChI=1S/C15H18ClN3O/c1-10(2)19-15(20)6-8-17-13-5-7-18-14-9-11(16)3-4-12(13)14/h3-5,7,9-10H,6,8H2,1-2H3,(H,17,18)(H,19,20). The van der Waals surface area contributed by atoms with Crippen molar-refractivity contribution in [1.82, 2.24) is 10.3 Å². The topological polar surface area (TPSA) is 54.0 Å². The first-order valence-corrected chi connectivity index (χ1v) is 7.01. The number of nitrogens with one attached hydrogen (secondary N) is 2. The van der Waals surface area contributed by atoms with Crippen molar-refractivity contribution in [3.63, 3.8) is 0 Å². The van der Waals surface area contributed by atoms with Gasteiger partial charge in [0, 0.05) is 41.3 Å². The van der Waals surface area contributed by atoms with E-state index >= 15 is 0 Å². The normalized spacial score (nSPS) is 10.8. The van der Waals surface area contributed by atoms with Gasteiger partial charge in [-0.1, -0.05) is 11.6 Å². The molecule has 1 amide bonds. The number of fused-ring (bicyclic) bond motifs is 1. The van der Waals surface area contributed by atoms with Crippen molar-refractivity contribution < 1.29 is 4.79 Å². The minimum Gasteiger partial charge on any atom is -0.384 e. The van der Waals surface area contributed by atoms with Gasteiger partial charge in [-0.25, -0.2) is 0 Å². The molecule has 1 heterocycles. The molecule has 0 saturated carbocycles. The SMILES string of the molecule is CC(C)NC(=O)CCNc1ccnc2cc(Cl)ccc12. The predicted octanol–water partition coefficient (Wildman–Crippen LogP) is 3.21. The van der Waals surface area contributed by atoms with Crippen LogP contribution in [0.5, 0.6) is 0 Å². The first kappa shape index (κ1) is 14.6. The summed E-state index contributed by atoms with van der Waals surface area (Å²) in [4.78, 5) is 15.9. The number of hydrogen-bond donors (Lipinski definition) is 2. The van der Waals surface area contributed by atoms with E-state index in [0.29, 0.717) is 18.0 Å². The van der Waals surface area contributed by atoms with Gasteiger partial charge < -0.3 is 10.6 Å². The maximum Gasteiger partial charge on any atom is 0.221 e. The van der Waals surface area contributed by atoms with E-state index in [-0.39, 0.29) is 11.9 Å². The van der Waals surface area contributed by atoms with Gasteiger partial charge in [0.2, 0.25) is 5.91 Å². The molecule has 5 heteroatoms. The Morgan fingerprint density at radius 2 is 2.15 bits per heavy atom. The fourth-order valence-electron chi connectivity index (χ4n) is 1.98. The molecule has 0 aliphatic rings. The van der Waals surface area contributed by atoms with Crippen LogP contribution < -0.4 is 10.6 Å². The molecule has 4 nitrogen and oxygen atoms in total. The second-order valence-electron chi connectivity index (χ2n) is 4.92. The van der Waals surface area contributed by atoms with Crippen LogP contribution in [-0.2, 0) is 4.79 Å². The zero-order chi connectivity index (χ0) is 14.5. The van der Waals surface area contributed by atoms with Crippen LogP contribution in [0.15, 0.2) is 30.5 Å². The van der Waals surface area contributed by atoms with Crippen molar-refractivity contribution in [2.24, 2.45) is 0 Å². The molecule has 106 valence electrons. The number of anilines is 1. The summed E-state index contributed by atoms with van der Waals surface area (Å²) in [7, 11) is 0. The average molecular weight is 292 g/mol. The Hall–Kier alpha value is -1.81. The number of pyridine rings is 1. The molecule has 0 bridgehead atoms. The van der Waals surface area contributed by atoms with E-state index in [9.17, 15) is 4.79 Å². The summed E-state index contributed by atoms with van der Waals surface area (Å²) in [6.45, 7) is 4.48. The summed E-state index contributed by atoms with van der Waals surface area (Å²) < 4.78 is 0. The van der Waals surface area contributed by atoms with Crippen molar-refractivity contribution in [2.75, 3.05) is 11.9 Å². The third-order valence-electron chi connectivity index (χ3n) is 2.82. The molecule has 0 radical (unpaired) electrons. The summed E-state index contributed by atoms with van der Waals surface area (Å²) in [6.07, 6.45) is 2.17. The number of nitrogens with zero attached hydrogens (tertiary/aromatic N) is 1. The smallest absolute Gasteiger partial charge is 0.221 e. The molecule has 0 atom stereocenters. The fraction of sp³-hybridized carbons (Fsp3) is 0.333. The Kier molecular flexibility index (Phi) is 4.79. The summed E-state index contributed by atoms with van der Waals surface area (Å²) >= 11 is 5.95. The number of hydrogen-bond acceptors (Lipinski definition) is 3. The number of aromatic nitrogens is 1. The Balaban J connectivity index is 2.01. The van der Waals surface area contributed by atoms with E-state index < -0.39 is 0 Å². The highest BCUT2D eigenvalue weighted by molar-refractivity contribution is 6.31. The molecule has 2 aromatic rings. The van der Waals surface area contributed by atoms with Gasteiger partial charge in [-0.2, -0.15) is 0 Å². The Morgan fingerprint density at radius 1 is 1.35 bits per heavy atom. The van der Waals surface area contributed by atoms with Crippen LogP contribution in [0.25, 0.3) is 10.9 Å². The molecule has 2 rings (SSSR count). The van der Waals surface area contributed by atoms with Crippen LogP contribution in [0, 0.1) is 0 Å². The first-order valence-electron chi connectivity index (χ1n) is 6.64. The van der Waals surface area contributed by atoms with Gasteiger partial charge in [0.1, 0.15) is 0 Å². The van der Waals surface area contributed by atoms with Crippen molar-refractivity contribution in [3.8, 4) is 0 Å². The number of halogens is 1. The van der Waals surface area contributed by atoms with Crippen LogP contribution in [0.2, 0.25) is 5.02 Å². The molecule has 0 fully saturated rings. The van der Waals surface area contributed by atoms with Gasteiger partial charge >= 0.3 is 0 Å². The molecular formula is C15H18ClN3O. The van der Waals surface area contributed by atoms with E-state index in [1.54, 1.807) is 6.20 Å². The van der Waals surface area contributed by atoms with Crippen molar-refractivity contribution >= 4 is 34.1 Å². The number of carbonyl (C=O) groups is 1. The molecule has 0 aliphatic heterocycles. The van der Waals surface area contributed by atoms with E-state index in [0.717, 1.165) is 16.6 Å². The molecule has 2 N–H and O–H groups in total. The van der Waals surface area contributed by atoms with E-state index in [2.05, 4.69) is 15.6 Å². The number of amides is 1. The lowest BCUT2D eigenvalue weighted by molar-refractivity contribution is -0.121. The van der Waals surface area contributed by atoms with Crippen molar-refractivity contribution in [1.29, 1.82) is 0 Å². The molecule has 0 saturated heterocycles. The fourth-order valence-corrected chi connectivity index (χ4v) is 2.15. The summed E-state index contributed by atoms with van der Waals surface area (Å²) in [6, 6.07) is 7.67. The van der Waals surface area contributed by atoms with Crippen molar-refractivity contribution in [2.45, 2.75) is 26.3 Å². The highest BCUT2D eigenvalue weighted by Crippen LogP contribution is 2.24. The van der Waals surface area contributed by atoms with E-state index in [1.807, 2.05) is 38.1 Å². The molecule has 0 aliphatic carbocycles. The van der Waals surface area contributed by atoms with Gasteiger partial charge in [0.15, 0.2) is 0 Å². The van der Waals surface area contributed by atoms with E-state index in [4.69, 9.17) is 11.6 Å². The Bertz CT molecular complexity index is 613. The quantitative estimate of drug-likeness (QED) is 0.889. The number of rotatable bonds is 5. The summed E-state index contributed by atoms with van der Waals surface area (Å²) in [5.74, 6) is 0.0499. The van der Waals surface area contributed by atoms with E-state index in [1.165, 1.54) is 0 Å². The van der Waals surface area contributed by atoms with Crippen LogP contribution in [0.1, 0.15) is 20.3 Å². The first-order chi connectivity index (χ1) is 9.56. The van der Waals surface area contributed by atoms with Crippen LogP contribution in [-0.4, -0.2) is 23.5 Å². The van der Waals surface area contributed by atoms with Gasteiger partial charge in [-0.3, -0.25) is 9.78 Å². The molecular weight excluding hydrogens is 274 g/mol. The summed E-state index contributed by atoms with van der Waals surface area (Å²) in [5.41, 5.74) is 1.80. The number of benzene rings is 1. The van der Waals surface area contributed by atoms with Gasteiger partial charge in [-0.15, -0.1) is 0 Å². The lowest BCUT2D eigenvalue weighted by Gasteiger charge is -2.11. The minimum absolute atomic E-state index is 0.0499. The van der Waals surface area contributed by atoms with Crippen molar-refractivity contribution in [3.05, 3.63) is 35.5 Å². The van der Waals surface area contributed by atoms with Crippen LogP contribution >= 0.6 is 11.6 Å². The molecule has 20 heavy (non-hydrogen) atoms. The highest BCUT2D eigenvalue weighted by atomic mass is 35.5. The van der Waals surface area contributed by atoms with Crippen LogP contribution in [0.4, 0.5) is 5.69 Å². The third kappa shape index (κ3) is 3.84. The Labute approximate surface area is 123 Å². The third-order valence-corrected chi connectivity index (χ3v) is 3.06. The highest BCUT2D eigenvalue weighted by Gasteiger charge is 2.05. The zero-order valence-electron chi connectivity index (χ0n) is 11.6.